The first-order valence-corrected chi connectivity index (χ1v) is 6.25. The van der Waals surface area contributed by atoms with Crippen molar-refractivity contribution in [3.63, 3.8) is 0 Å². The molecule has 2 heterocycles. The third-order valence-electron chi connectivity index (χ3n) is 2.55. The molecule has 0 aliphatic rings. The van der Waals surface area contributed by atoms with Crippen molar-refractivity contribution in [3.05, 3.63) is 39.8 Å². The molecule has 0 radical (unpaired) electrons. The van der Waals surface area contributed by atoms with Gasteiger partial charge in [0.05, 0.1) is 12.3 Å². The van der Waals surface area contributed by atoms with Gasteiger partial charge in [-0.2, -0.15) is 5.10 Å². The smallest absolute Gasteiger partial charge is 0.0923 e. The molecule has 0 saturated carbocycles. The Morgan fingerprint density at radius 3 is 2.88 bits per heavy atom. The molecule has 0 fully saturated rings. The minimum Gasteiger partial charge on any atom is -0.387 e. The van der Waals surface area contributed by atoms with Crippen LogP contribution < -0.4 is 0 Å². The van der Waals surface area contributed by atoms with Gasteiger partial charge in [-0.25, -0.2) is 0 Å². The van der Waals surface area contributed by atoms with Crippen LogP contribution in [0.5, 0.6) is 0 Å². The van der Waals surface area contributed by atoms with Crippen molar-refractivity contribution < 1.29 is 5.11 Å². The first-order chi connectivity index (χ1) is 7.69. The van der Waals surface area contributed by atoms with E-state index in [1.165, 1.54) is 4.88 Å². The lowest BCUT2D eigenvalue weighted by Gasteiger charge is -2.05. The summed E-state index contributed by atoms with van der Waals surface area (Å²) in [7, 11) is 1.89. The highest BCUT2D eigenvalue weighted by atomic mass is 32.1. The molecule has 1 atom stereocenters. The summed E-state index contributed by atoms with van der Waals surface area (Å²) >= 11 is 1.69. The zero-order valence-corrected chi connectivity index (χ0v) is 10.4. The quantitative estimate of drug-likeness (QED) is 0.884. The number of rotatable bonds is 4. The monoisotopic (exact) mass is 236 g/mol. The number of hydrogen-bond acceptors (Lipinski definition) is 3. The fourth-order valence-corrected chi connectivity index (χ4v) is 2.60. The van der Waals surface area contributed by atoms with Gasteiger partial charge in [0.1, 0.15) is 0 Å². The number of aromatic nitrogens is 2. The molecular formula is C12H16N2OS. The molecule has 3 nitrogen and oxygen atoms in total. The molecule has 0 aliphatic heterocycles. The molecule has 0 bridgehead atoms. The van der Waals surface area contributed by atoms with Crippen LogP contribution in [0.4, 0.5) is 0 Å². The Bertz CT molecular complexity index is 461. The average Bonchev–Trinajstić information content (AvgIpc) is 2.87. The SMILES string of the molecule is CCc1ccc(C(O)Cc2cnn(C)c2)s1. The van der Waals surface area contributed by atoms with Crippen LogP contribution in [0.2, 0.25) is 0 Å². The number of aliphatic hydroxyl groups excluding tert-OH is 1. The van der Waals surface area contributed by atoms with Crippen molar-refractivity contribution >= 4 is 11.3 Å². The molecular weight excluding hydrogens is 220 g/mol. The first kappa shape index (κ1) is 11.4. The van der Waals surface area contributed by atoms with Crippen LogP contribution in [-0.4, -0.2) is 14.9 Å². The molecule has 1 N–H and O–H groups in total. The normalized spacial score (nSPS) is 12.9. The van der Waals surface area contributed by atoms with E-state index in [-0.39, 0.29) is 0 Å². The Morgan fingerprint density at radius 2 is 2.31 bits per heavy atom. The van der Waals surface area contributed by atoms with Gasteiger partial charge >= 0.3 is 0 Å². The maximum Gasteiger partial charge on any atom is 0.0923 e. The van der Waals surface area contributed by atoms with Crippen molar-refractivity contribution in [2.45, 2.75) is 25.9 Å². The molecule has 0 amide bonds. The molecule has 4 heteroatoms. The molecule has 2 rings (SSSR count). The van der Waals surface area contributed by atoms with Crippen LogP contribution in [0.3, 0.4) is 0 Å². The minimum absolute atomic E-state index is 0.408. The van der Waals surface area contributed by atoms with Crippen molar-refractivity contribution in [1.29, 1.82) is 0 Å². The second-order valence-corrected chi connectivity index (χ2v) is 5.10. The Kier molecular flexibility index (Phi) is 3.41. The zero-order valence-electron chi connectivity index (χ0n) is 9.55. The van der Waals surface area contributed by atoms with Gasteiger partial charge in [-0.3, -0.25) is 4.68 Å². The van der Waals surface area contributed by atoms with Crippen LogP contribution >= 0.6 is 11.3 Å². The highest BCUT2D eigenvalue weighted by molar-refractivity contribution is 7.12. The number of aryl methyl sites for hydroxylation is 2. The topological polar surface area (TPSA) is 38.1 Å². The number of aliphatic hydroxyl groups is 1. The van der Waals surface area contributed by atoms with E-state index in [0.29, 0.717) is 6.42 Å². The third-order valence-corrected chi connectivity index (χ3v) is 3.88. The standard InChI is InChI=1S/C12H16N2OS/c1-3-10-4-5-12(16-10)11(15)6-9-7-13-14(2)8-9/h4-5,7-8,11,15H,3,6H2,1-2H3. The fraction of sp³-hybridized carbons (Fsp3) is 0.417. The second kappa shape index (κ2) is 4.80. The summed E-state index contributed by atoms with van der Waals surface area (Å²) in [6.07, 6.45) is 5.01. The highest BCUT2D eigenvalue weighted by Crippen LogP contribution is 2.26. The lowest BCUT2D eigenvalue weighted by molar-refractivity contribution is 0.182. The van der Waals surface area contributed by atoms with E-state index in [4.69, 9.17) is 0 Å². The van der Waals surface area contributed by atoms with E-state index in [9.17, 15) is 5.11 Å². The van der Waals surface area contributed by atoms with Gasteiger partial charge in [0.2, 0.25) is 0 Å². The summed E-state index contributed by atoms with van der Waals surface area (Å²) in [6.45, 7) is 2.13. The summed E-state index contributed by atoms with van der Waals surface area (Å²) in [5.74, 6) is 0. The summed E-state index contributed by atoms with van der Waals surface area (Å²) in [4.78, 5) is 2.36. The van der Waals surface area contributed by atoms with Crippen molar-refractivity contribution in [2.75, 3.05) is 0 Å². The van der Waals surface area contributed by atoms with Gasteiger partial charge in [0.25, 0.3) is 0 Å². The molecule has 1 unspecified atom stereocenters. The predicted molar refractivity (Wildman–Crippen MR) is 65.6 cm³/mol. The van der Waals surface area contributed by atoms with Gasteiger partial charge in [-0.15, -0.1) is 11.3 Å². The summed E-state index contributed by atoms with van der Waals surface area (Å²) in [5, 5.41) is 14.2. The van der Waals surface area contributed by atoms with Crippen LogP contribution in [0.25, 0.3) is 0 Å². The zero-order chi connectivity index (χ0) is 11.5. The fourth-order valence-electron chi connectivity index (χ4n) is 1.66. The molecule has 86 valence electrons. The lowest BCUT2D eigenvalue weighted by atomic mass is 10.1. The molecule has 16 heavy (non-hydrogen) atoms. The average molecular weight is 236 g/mol. The highest BCUT2D eigenvalue weighted by Gasteiger charge is 2.11. The van der Waals surface area contributed by atoms with Gasteiger partial charge < -0.3 is 5.11 Å². The molecule has 0 spiro atoms. The lowest BCUT2D eigenvalue weighted by Crippen LogP contribution is -1.98. The number of nitrogens with zero attached hydrogens (tertiary/aromatic N) is 2. The maximum atomic E-state index is 10.1. The molecule has 0 aliphatic carbocycles. The molecule has 0 saturated heterocycles. The van der Waals surface area contributed by atoms with Crippen LogP contribution in [-0.2, 0) is 19.9 Å². The second-order valence-electron chi connectivity index (χ2n) is 3.90. The van der Waals surface area contributed by atoms with Crippen molar-refractivity contribution in [3.8, 4) is 0 Å². The van der Waals surface area contributed by atoms with Crippen LogP contribution in [0.15, 0.2) is 24.5 Å². The largest absolute Gasteiger partial charge is 0.387 e. The number of thiophene rings is 1. The van der Waals surface area contributed by atoms with E-state index < -0.39 is 6.10 Å². The summed E-state index contributed by atoms with van der Waals surface area (Å²) in [6, 6.07) is 4.11. The Balaban J connectivity index is 2.05. The molecule has 0 aromatic carbocycles. The van der Waals surface area contributed by atoms with Crippen LogP contribution in [0.1, 0.15) is 28.3 Å². The number of hydrogen-bond donors (Lipinski definition) is 1. The van der Waals surface area contributed by atoms with E-state index in [1.807, 2.05) is 19.3 Å². The maximum absolute atomic E-state index is 10.1. The molecule has 2 aromatic heterocycles. The van der Waals surface area contributed by atoms with Gasteiger partial charge in [-0.05, 0) is 24.1 Å². The van der Waals surface area contributed by atoms with Crippen LogP contribution in [0, 0.1) is 0 Å². The Morgan fingerprint density at radius 1 is 1.50 bits per heavy atom. The van der Waals surface area contributed by atoms with E-state index in [1.54, 1.807) is 22.2 Å². The molecule has 2 aromatic rings. The van der Waals surface area contributed by atoms with E-state index >= 15 is 0 Å². The van der Waals surface area contributed by atoms with E-state index in [0.717, 1.165) is 16.9 Å². The predicted octanol–water partition coefficient (Wildman–Crippen LogP) is 2.32. The van der Waals surface area contributed by atoms with Crippen molar-refractivity contribution in [2.24, 2.45) is 7.05 Å². The van der Waals surface area contributed by atoms with Gasteiger partial charge in [0, 0.05) is 29.4 Å². The summed E-state index contributed by atoms with van der Waals surface area (Å²) < 4.78 is 1.76. The van der Waals surface area contributed by atoms with Gasteiger partial charge in [-0.1, -0.05) is 6.92 Å². The van der Waals surface area contributed by atoms with E-state index in [2.05, 4.69) is 18.1 Å². The van der Waals surface area contributed by atoms with Crippen molar-refractivity contribution in [1.82, 2.24) is 9.78 Å². The third kappa shape index (κ3) is 2.51. The van der Waals surface area contributed by atoms with Gasteiger partial charge in [0.15, 0.2) is 0 Å². The minimum atomic E-state index is -0.408. The first-order valence-electron chi connectivity index (χ1n) is 5.43. The summed E-state index contributed by atoms with van der Waals surface area (Å²) in [5.41, 5.74) is 1.07. The Hall–Kier alpha value is -1.13. The Labute approximate surface area is 99.4 Å².